The lowest BCUT2D eigenvalue weighted by molar-refractivity contribution is -0.123. The largest absolute Gasteiger partial charge is 0.465 e. The molecule has 0 aromatic heterocycles. The van der Waals surface area contributed by atoms with Crippen LogP contribution in [0.4, 0.5) is 4.79 Å². The van der Waals surface area contributed by atoms with Crippen molar-refractivity contribution in [2.24, 2.45) is 5.73 Å². The number of carboxylic acid groups (broad SMARTS) is 1. The fraction of sp³-hybridized carbons (Fsp3) is 0.818. The summed E-state index contributed by atoms with van der Waals surface area (Å²) in [6.07, 6.45) is 1.79. The van der Waals surface area contributed by atoms with E-state index in [-0.39, 0.29) is 11.9 Å². The van der Waals surface area contributed by atoms with Gasteiger partial charge in [-0.15, -0.1) is 0 Å². The average Bonchev–Trinajstić information content (AvgIpc) is 2.38. The summed E-state index contributed by atoms with van der Waals surface area (Å²) in [5.41, 5.74) is 5.40. The van der Waals surface area contributed by atoms with Crippen molar-refractivity contribution in [1.29, 1.82) is 0 Å². The molecule has 0 saturated carbocycles. The molecule has 0 bridgehead atoms. The zero-order chi connectivity index (χ0) is 14.1. The Bertz CT molecular complexity index is 299. The molecule has 1 fully saturated rings. The van der Waals surface area contributed by atoms with Gasteiger partial charge in [-0.3, -0.25) is 4.79 Å². The van der Waals surface area contributed by atoms with Crippen LogP contribution in [0, 0.1) is 0 Å². The molecule has 8 heteroatoms. The molecule has 5 N–H and O–H groups in total. The number of rotatable bonds is 7. The van der Waals surface area contributed by atoms with Gasteiger partial charge in [0.15, 0.2) is 0 Å². The monoisotopic (exact) mass is 307 g/mol. The summed E-state index contributed by atoms with van der Waals surface area (Å²) in [5, 5.41) is 14.0. The Hall–Kier alpha value is -0.600. The molecule has 0 aromatic carbocycles. The van der Waals surface area contributed by atoms with Crippen molar-refractivity contribution in [3.8, 4) is 0 Å². The number of nitrogens with one attached hydrogen (secondary N) is 2. The van der Waals surface area contributed by atoms with E-state index in [1.54, 1.807) is 21.6 Å². The van der Waals surface area contributed by atoms with E-state index in [0.29, 0.717) is 13.0 Å². The first-order chi connectivity index (χ1) is 9.13. The van der Waals surface area contributed by atoms with Crippen LogP contribution >= 0.6 is 21.6 Å². The van der Waals surface area contributed by atoms with Gasteiger partial charge in [0.25, 0.3) is 0 Å². The zero-order valence-electron chi connectivity index (χ0n) is 10.8. The van der Waals surface area contributed by atoms with Crippen LogP contribution in [0.15, 0.2) is 0 Å². The number of nitrogens with two attached hydrogens (primary N) is 1. The topological polar surface area (TPSA) is 104 Å². The lowest BCUT2D eigenvalue weighted by Crippen LogP contribution is -2.50. The van der Waals surface area contributed by atoms with Gasteiger partial charge in [0.05, 0.1) is 0 Å². The minimum absolute atomic E-state index is 0.145. The van der Waals surface area contributed by atoms with Crippen molar-refractivity contribution in [3.63, 3.8) is 0 Å². The van der Waals surface area contributed by atoms with Crippen LogP contribution in [0.3, 0.4) is 0 Å². The standard InChI is InChI=1S/C11H21N3O3S2/c12-5-2-1-3-9(14-11(16)17)10(15)13-8-4-6-18-19-7-8/h8-9,14H,1-7,12H2,(H,13,15)(H,16,17). The van der Waals surface area contributed by atoms with Crippen LogP contribution < -0.4 is 16.4 Å². The number of carbonyl (C=O) groups is 2. The van der Waals surface area contributed by atoms with E-state index in [2.05, 4.69) is 10.6 Å². The van der Waals surface area contributed by atoms with Crippen LogP contribution in [0.5, 0.6) is 0 Å². The van der Waals surface area contributed by atoms with Gasteiger partial charge in [-0.25, -0.2) is 4.79 Å². The molecule has 0 radical (unpaired) electrons. The first-order valence-electron chi connectivity index (χ1n) is 6.37. The van der Waals surface area contributed by atoms with Gasteiger partial charge in [0, 0.05) is 17.5 Å². The van der Waals surface area contributed by atoms with Gasteiger partial charge in [0.2, 0.25) is 5.91 Å². The molecule has 2 amide bonds. The van der Waals surface area contributed by atoms with E-state index in [1.165, 1.54) is 0 Å². The van der Waals surface area contributed by atoms with Crippen LogP contribution in [0.2, 0.25) is 0 Å². The maximum Gasteiger partial charge on any atom is 0.405 e. The van der Waals surface area contributed by atoms with Crippen molar-refractivity contribution >= 4 is 33.6 Å². The molecular weight excluding hydrogens is 286 g/mol. The molecule has 2 atom stereocenters. The van der Waals surface area contributed by atoms with E-state index in [9.17, 15) is 9.59 Å². The SMILES string of the molecule is NCCCCC(NC(=O)O)C(=O)NC1CCSSC1. The van der Waals surface area contributed by atoms with Crippen molar-refractivity contribution in [1.82, 2.24) is 10.6 Å². The number of carbonyl (C=O) groups excluding carboxylic acids is 1. The molecule has 19 heavy (non-hydrogen) atoms. The summed E-state index contributed by atoms with van der Waals surface area (Å²) in [4.78, 5) is 22.8. The molecule has 1 aliphatic rings. The van der Waals surface area contributed by atoms with Gasteiger partial charge in [0.1, 0.15) is 6.04 Å². The van der Waals surface area contributed by atoms with E-state index in [1.807, 2.05) is 0 Å². The van der Waals surface area contributed by atoms with E-state index < -0.39 is 12.1 Å². The molecule has 2 unspecified atom stereocenters. The number of amides is 2. The number of hydrogen-bond acceptors (Lipinski definition) is 5. The Labute approximate surface area is 121 Å². The molecule has 1 rings (SSSR count). The summed E-state index contributed by atoms with van der Waals surface area (Å²) >= 11 is 0. The fourth-order valence-corrected chi connectivity index (χ4v) is 4.22. The van der Waals surface area contributed by atoms with E-state index in [4.69, 9.17) is 10.8 Å². The fourth-order valence-electron chi connectivity index (χ4n) is 1.79. The molecule has 110 valence electrons. The van der Waals surface area contributed by atoms with E-state index in [0.717, 1.165) is 30.8 Å². The van der Waals surface area contributed by atoms with Crippen LogP contribution in [-0.4, -0.2) is 47.2 Å². The number of hydrogen-bond donors (Lipinski definition) is 4. The van der Waals surface area contributed by atoms with Crippen molar-refractivity contribution in [3.05, 3.63) is 0 Å². The molecule has 0 aromatic rings. The highest BCUT2D eigenvalue weighted by atomic mass is 33.1. The van der Waals surface area contributed by atoms with Gasteiger partial charge in [-0.1, -0.05) is 21.6 Å². The molecule has 6 nitrogen and oxygen atoms in total. The Morgan fingerprint density at radius 1 is 1.37 bits per heavy atom. The second-order valence-corrected chi connectivity index (χ2v) is 7.01. The van der Waals surface area contributed by atoms with Crippen molar-refractivity contribution < 1.29 is 14.7 Å². The smallest absolute Gasteiger partial charge is 0.405 e. The third kappa shape index (κ3) is 6.93. The molecule has 0 aliphatic carbocycles. The molecule has 1 aliphatic heterocycles. The lowest BCUT2D eigenvalue weighted by atomic mass is 10.1. The van der Waals surface area contributed by atoms with Gasteiger partial charge in [-0.05, 0) is 32.2 Å². The lowest BCUT2D eigenvalue weighted by Gasteiger charge is -2.24. The predicted molar refractivity (Wildman–Crippen MR) is 79.3 cm³/mol. The predicted octanol–water partition coefficient (Wildman–Crippen LogP) is 1.02. The maximum atomic E-state index is 12.1. The molecular formula is C11H21N3O3S2. The summed E-state index contributed by atoms with van der Waals surface area (Å²) in [6, 6.07) is -0.532. The zero-order valence-corrected chi connectivity index (χ0v) is 12.4. The Morgan fingerprint density at radius 2 is 2.16 bits per heavy atom. The second-order valence-electron chi connectivity index (χ2n) is 4.39. The Balaban J connectivity index is 2.41. The summed E-state index contributed by atoms with van der Waals surface area (Å²) < 4.78 is 0. The van der Waals surface area contributed by atoms with Crippen LogP contribution in [0.1, 0.15) is 25.7 Å². The first-order valence-corrected chi connectivity index (χ1v) is 8.86. The summed E-state index contributed by atoms with van der Waals surface area (Å²) in [6.45, 7) is 0.553. The normalized spacial score (nSPS) is 20.6. The minimum Gasteiger partial charge on any atom is -0.465 e. The highest BCUT2D eigenvalue weighted by Gasteiger charge is 2.23. The van der Waals surface area contributed by atoms with Crippen LogP contribution in [-0.2, 0) is 4.79 Å². The minimum atomic E-state index is -1.17. The molecule has 1 saturated heterocycles. The van der Waals surface area contributed by atoms with Gasteiger partial charge < -0.3 is 21.5 Å². The van der Waals surface area contributed by atoms with Crippen molar-refractivity contribution in [2.75, 3.05) is 18.1 Å². The Morgan fingerprint density at radius 3 is 2.74 bits per heavy atom. The van der Waals surface area contributed by atoms with Crippen molar-refractivity contribution in [2.45, 2.75) is 37.8 Å². The van der Waals surface area contributed by atoms with Gasteiger partial charge >= 0.3 is 6.09 Å². The Kier molecular flexibility index (Phi) is 8.08. The molecule has 1 heterocycles. The average molecular weight is 307 g/mol. The highest BCUT2D eigenvalue weighted by Crippen LogP contribution is 2.29. The van der Waals surface area contributed by atoms with Gasteiger partial charge in [-0.2, -0.15) is 0 Å². The number of unbranched alkanes of at least 4 members (excludes halogenated alkanes) is 1. The quantitative estimate of drug-likeness (QED) is 0.413. The second kappa shape index (κ2) is 9.33. The third-order valence-electron chi connectivity index (χ3n) is 2.81. The summed E-state index contributed by atoms with van der Waals surface area (Å²) in [5.74, 6) is 1.66. The summed E-state index contributed by atoms with van der Waals surface area (Å²) in [7, 11) is 3.54. The maximum absolute atomic E-state index is 12.1. The third-order valence-corrected chi connectivity index (χ3v) is 5.33. The first kappa shape index (κ1) is 16.5. The highest BCUT2D eigenvalue weighted by molar-refractivity contribution is 8.76. The molecule has 0 spiro atoms. The van der Waals surface area contributed by atoms with Crippen LogP contribution in [0.25, 0.3) is 0 Å². The van der Waals surface area contributed by atoms with E-state index >= 15 is 0 Å².